The molecule has 0 spiro atoms. The largest absolute Gasteiger partial charge is 0.381 e. The normalized spacial score (nSPS) is 33.7. The molecule has 1 aromatic heterocycles. The first-order chi connectivity index (χ1) is 10.5. The number of aromatic nitrogens is 2. The fraction of sp³-hybridized carbons (Fsp3) is 0.538. The summed E-state index contributed by atoms with van der Waals surface area (Å²) in [5, 5.41) is 21.3. The van der Waals surface area contributed by atoms with Crippen LogP contribution in [0.5, 0.6) is 0 Å². The number of nitrogens with zero attached hydrogens (tertiary/aromatic N) is 2. The zero-order chi connectivity index (χ0) is 17.7. The van der Waals surface area contributed by atoms with Crippen molar-refractivity contribution in [3.05, 3.63) is 22.5 Å². The SMILES string of the molecule is CC(=O)[C@@]1(O)[C@@H](C)O[C@@H](n2cc(F)c(N)nc2=O)[C@@]1(O)C(C)=O. The number of anilines is 1. The predicted octanol–water partition coefficient (Wildman–Crippen LogP) is -1.48. The van der Waals surface area contributed by atoms with E-state index in [0.29, 0.717) is 10.8 Å². The quantitative estimate of drug-likeness (QED) is 0.609. The van der Waals surface area contributed by atoms with Gasteiger partial charge in [-0.2, -0.15) is 4.98 Å². The lowest BCUT2D eigenvalue weighted by Gasteiger charge is -2.36. The number of carbonyl (C=O) groups is 2. The smallest absolute Gasteiger partial charge is 0.351 e. The number of nitrogen functional groups attached to an aromatic ring is 1. The maximum absolute atomic E-state index is 13.6. The zero-order valence-electron chi connectivity index (χ0n) is 12.6. The fourth-order valence-corrected chi connectivity index (χ4v) is 2.78. The van der Waals surface area contributed by atoms with Gasteiger partial charge in [-0.3, -0.25) is 14.2 Å². The van der Waals surface area contributed by atoms with Gasteiger partial charge in [0.1, 0.15) is 0 Å². The van der Waals surface area contributed by atoms with Crippen molar-refractivity contribution in [2.75, 3.05) is 5.73 Å². The Morgan fingerprint density at radius 3 is 2.35 bits per heavy atom. The van der Waals surface area contributed by atoms with Gasteiger partial charge in [-0.25, -0.2) is 9.18 Å². The lowest BCUT2D eigenvalue weighted by molar-refractivity contribution is -0.180. The van der Waals surface area contributed by atoms with E-state index in [4.69, 9.17) is 10.5 Å². The van der Waals surface area contributed by atoms with Crippen LogP contribution in [-0.4, -0.2) is 48.6 Å². The van der Waals surface area contributed by atoms with E-state index in [1.165, 1.54) is 6.92 Å². The Hall–Kier alpha value is -2.17. The molecule has 0 bridgehead atoms. The molecule has 126 valence electrons. The molecule has 2 heterocycles. The summed E-state index contributed by atoms with van der Waals surface area (Å²) in [6.07, 6.45) is -2.60. The van der Waals surface area contributed by atoms with Crippen molar-refractivity contribution < 1.29 is 28.9 Å². The van der Waals surface area contributed by atoms with Gasteiger partial charge in [0.05, 0.1) is 12.3 Å². The summed E-state index contributed by atoms with van der Waals surface area (Å²) in [6.45, 7) is 3.11. The van der Waals surface area contributed by atoms with E-state index in [2.05, 4.69) is 4.98 Å². The molecule has 23 heavy (non-hydrogen) atoms. The Morgan fingerprint density at radius 2 is 1.87 bits per heavy atom. The van der Waals surface area contributed by atoms with Crippen LogP contribution in [0.15, 0.2) is 11.0 Å². The standard InChI is InChI=1S/C13H16FN3O6/c1-5(18)12(21)7(3)23-10(13(12,22)6(2)19)17-4-8(14)9(15)16-11(17)20/h4,7,10,21-22H,1-3H3,(H2,15,16,20)/t7-,10-,12-,13+/m1/s1. The number of carbonyl (C=O) groups excluding carboxylic acids is 2. The van der Waals surface area contributed by atoms with Crippen LogP contribution >= 0.6 is 0 Å². The number of hydrogen-bond acceptors (Lipinski definition) is 8. The Labute approximate surface area is 129 Å². The molecule has 0 amide bonds. The summed E-state index contributed by atoms with van der Waals surface area (Å²) in [4.78, 5) is 38.9. The molecule has 9 nitrogen and oxygen atoms in total. The first-order valence-corrected chi connectivity index (χ1v) is 6.64. The summed E-state index contributed by atoms with van der Waals surface area (Å²) in [5.74, 6) is -3.74. The van der Waals surface area contributed by atoms with Crippen molar-refractivity contribution >= 4 is 17.4 Å². The average molecular weight is 329 g/mol. The number of Topliss-reactive ketones (excluding diaryl/α,β-unsaturated/α-hetero) is 2. The highest BCUT2D eigenvalue weighted by molar-refractivity contribution is 5.98. The van der Waals surface area contributed by atoms with Crippen molar-refractivity contribution in [3.63, 3.8) is 0 Å². The summed E-state index contributed by atoms with van der Waals surface area (Å²) in [7, 11) is 0. The first-order valence-electron chi connectivity index (χ1n) is 6.64. The Morgan fingerprint density at radius 1 is 1.35 bits per heavy atom. The third-order valence-corrected chi connectivity index (χ3v) is 4.12. The molecule has 1 aliphatic rings. The first kappa shape index (κ1) is 17.2. The molecule has 1 aromatic rings. The highest BCUT2D eigenvalue weighted by atomic mass is 19.1. The number of nitrogens with two attached hydrogens (primary N) is 1. The average Bonchev–Trinajstić information content (AvgIpc) is 2.66. The van der Waals surface area contributed by atoms with E-state index in [1.54, 1.807) is 0 Å². The lowest BCUT2D eigenvalue weighted by Crippen LogP contribution is -2.65. The molecule has 1 aliphatic heterocycles. The molecular weight excluding hydrogens is 313 g/mol. The monoisotopic (exact) mass is 329 g/mol. The second kappa shape index (κ2) is 5.18. The molecule has 1 saturated heterocycles. The van der Waals surface area contributed by atoms with Gasteiger partial charge < -0.3 is 20.7 Å². The summed E-state index contributed by atoms with van der Waals surface area (Å²) < 4.78 is 19.3. The molecule has 0 aliphatic carbocycles. The minimum atomic E-state index is -2.80. The maximum Gasteiger partial charge on any atom is 0.351 e. The molecule has 0 unspecified atom stereocenters. The lowest BCUT2D eigenvalue weighted by atomic mass is 9.75. The van der Waals surface area contributed by atoms with Gasteiger partial charge in [-0.1, -0.05) is 0 Å². The highest BCUT2D eigenvalue weighted by Gasteiger charge is 2.70. The zero-order valence-corrected chi connectivity index (χ0v) is 12.6. The fourth-order valence-electron chi connectivity index (χ4n) is 2.78. The van der Waals surface area contributed by atoms with E-state index in [0.717, 1.165) is 13.8 Å². The molecule has 0 radical (unpaired) electrons. The van der Waals surface area contributed by atoms with Crippen LogP contribution in [0.2, 0.25) is 0 Å². The number of hydrogen-bond donors (Lipinski definition) is 3. The molecule has 10 heteroatoms. The summed E-state index contributed by atoms with van der Waals surface area (Å²) in [5.41, 5.74) is -1.36. The third-order valence-electron chi connectivity index (χ3n) is 4.12. The van der Waals surface area contributed by atoms with Gasteiger partial charge in [0.2, 0.25) is 5.60 Å². The van der Waals surface area contributed by atoms with Gasteiger partial charge in [0, 0.05) is 0 Å². The van der Waals surface area contributed by atoms with Crippen LogP contribution in [-0.2, 0) is 14.3 Å². The Kier molecular flexibility index (Phi) is 3.87. The van der Waals surface area contributed by atoms with E-state index >= 15 is 0 Å². The van der Waals surface area contributed by atoms with E-state index in [9.17, 15) is 29.0 Å². The van der Waals surface area contributed by atoms with Gasteiger partial charge in [-0.15, -0.1) is 0 Å². The molecule has 0 saturated carbocycles. The van der Waals surface area contributed by atoms with Crippen LogP contribution in [0.25, 0.3) is 0 Å². The molecule has 0 aromatic carbocycles. The summed E-state index contributed by atoms with van der Waals surface area (Å²) in [6, 6.07) is 0. The minimum Gasteiger partial charge on any atom is -0.381 e. The van der Waals surface area contributed by atoms with E-state index < -0.39 is 52.4 Å². The molecule has 4 N–H and O–H groups in total. The van der Waals surface area contributed by atoms with Crippen molar-refractivity contribution in [2.45, 2.75) is 44.3 Å². The second-order valence-corrected chi connectivity index (χ2v) is 5.44. The minimum absolute atomic E-state index is 0.477. The number of rotatable bonds is 3. The van der Waals surface area contributed by atoms with Crippen LogP contribution in [0, 0.1) is 5.82 Å². The van der Waals surface area contributed by atoms with Crippen molar-refractivity contribution in [2.24, 2.45) is 0 Å². The van der Waals surface area contributed by atoms with Crippen molar-refractivity contribution in [1.82, 2.24) is 9.55 Å². The van der Waals surface area contributed by atoms with Gasteiger partial charge in [0.15, 0.2) is 35.0 Å². The van der Waals surface area contributed by atoms with Gasteiger partial charge in [0.25, 0.3) is 0 Å². The number of ketones is 2. The highest BCUT2D eigenvalue weighted by Crippen LogP contribution is 2.46. The van der Waals surface area contributed by atoms with Crippen LogP contribution in [0.1, 0.15) is 27.0 Å². The summed E-state index contributed by atoms with van der Waals surface area (Å²) >= 11 is 0. The number of ether oxygens (including phenoxy) is 1. The van der Waals surface area contributed by atoms with Crippen LogP contribution in [0.3, 0.4) is 0 Å². The second-order valence-electron chi connectivity index (χ2n) is 5.44. The van der Waals surface area contributed by atoms with Crippen LogP contribution in [0.4, 0.5) is 10.2 Å². The van der Waals surface area contributed by atoms with Crippen molar-refractivity contribution in [3.8, 4) is 0 Å². The van der Waals surface area contributed by atoms with Gasteiger partial charge >= 0.3 is 5.69 Å². The topological polar surface area (TPSA) is 145 Å². The maximum atomic E-state index is 13.6. The molecular formula is C13H16FN3O6. The molecule has 1 fully saturated rings. The van der Waals surface area contributed by atoms with Crippen LogP contribution < -0.4 is 11.4 Å². The third kappa shape index (κ3) is 2.10. The number of halogens is 1. The van der Waals surface area contributed by atoms with Crippen molar-refractivity contribution in [1.29, 1.82) is 0 Å². The Bertz CT molecular complexity index is 750. The van der Waals surface area contributed by atoms with Gasteiger partial charge in [-0.05, 0) is 20.8 Å². The molecule has 4 atom stereocenters. The number of aliphatic hydroxyl groups is 2. The molecule has 2 rings (SSSR count). The predicted molar refractivity (Wildman–Crippen MR) is 73.7 cm³/mol. The van der Waals surface area contributed by atoms with E-state index in [1.807, 2.05) is 0 Å². The Balaban J connectivity index is 2.74. The van der Waals surface area contributed by atoms with E-state index in [-0.39, 0.29) is 0 Å².